The molecule has 1 N–H and O–H groups in total. The highest BCUT2D eigenvalue weighted by molar-refractivity contribution is 7.88. The summed E-state index contributed by atoms with van der Waals surface area (Å²) in [5.74, 6) is 0.713. The van der Waals surface area contributed by atoms with E-state index in [0.29, 0.717) is 31.8 Å². The van der Waals surface area contributed by atoms with E-state index in [-0.39, 0.29) is 17.6 Å². The lowest BCUT2D eigenvalue weighted by molar-refractivity contribution is -0.126. The van der Waals surface area contributed by atoms with E-state index in [2.05, 4.69) is 5.32 Å². The number of nitrogens with one attached hydrogen (secondary N) is 1. The predicted octanol–water partition coefficient (Wildman–Crippen LogP) is 3.23. The Labute approximate surface area is 163 Å². The lowest BCUT2D eigenvalue weighted by atomic mass is 9.89. The zero-order valence-corrected chi connectivity index (χ0v) is 17.1. The normalized spacial score (nSPS) is 20.5. The molecule has 6 heteroatoms. The Balaban J connectivity index is 1.47. The maximum Gasteiger partial charge on any atom is 0.223 e. The molecule has 1 aromatic rings. The number of hydrogen-bond donors (Lipinski definition) is 1. The molecule has 0 atom stereocenters. The SMILES string of the molecule is Cc1ccccc1CS(=O)(=O)N1CCC(C(=O)NCC2CCCCC2)CC1. The molecule has 1 saturated heterocycles. The van der Waals surface area contributed by atoms with E-state index in [4.69, 9.17) is 0 Å². The summed E-state index contributed by atoms with van der Waals surface area (Å²) in [5, 5.41) is 3.12. The van der Waals surface area contributed by atoms with E-state index < -0.39 is 10.0 Å². The maximum atomic E-state index is 12.7. The summed E-state index contributed by atoms with van der Waals surface area (Å²) in [7, 11) is -3.34. The number of nitrogens with zero attached hydrogens (tertiary/aromatic N) is 1. The van der Waals surface area contributed by atoms with Crippen molar-refractivity contribution in [2.75, 3.05) is 19.6 Å². The van der Waals surface area contributed by atoms with Crippen LogP contribution in [0, 0.1) is 18.8 Å². The highest BCUT2D eigenvalue weighted by Crippen LogP contribution is 2.25. The van der Waals surface area contributed by atoms with E-state index in [1.54, 1.807) is 4.31 Å². The molecule has 3 rings (SSSR count). The number of rotatable bonds is 6. The third-order valence-electron chi connectivity index (χ3n) is 6.11. The summed E-state index contributed by atoms with van der Waals surface area (Å²) < 4.78 is 27.0. The lowest BCUT2D eigenvalue weighted by Gasteiger charge is -2.31. The lowest BCUT2D eigenvalue weighted by Crippen LogP contribution is -2.44. The second-order valence-electron chi connectivity index (χ2n) is 8.11. The Kier molecular flexibility index (Phi) is 6.93. The van der Waals surface area contributed by atoms with Crippen LogP contribution in [-0.2, 0) is 20.6 Å². The number of carbonyl (C=O) groups excluding carboxylic acids is 1. The minimum Gasteiger partial charge on any atom is -0.356 e. The van der Waals surface area contributed by atoms with E-state index in [0.717, 1.165) is 17.7 Å². The molecule has 0 unspecified atom stereocenters. The third kappa shape index (κ3) is 5.55. The second-order valence-corrected chi connectivity index (χ2v) is 10.1. The first-order valence-corrected chi connectivity index (χ1v) is 11.9. The van der Waals surface area contributed by atoms with Gasteiger partial charge in [-0.05, 0) is 49.7 Å². The molecule has 1 aromatic carbocycles. The van der Waals surface area contributed by atoms with Crippen LogP contribution in [0.3, 0.4) is 0 Å². The van der Waals surface area contributed by atoms with Gasteiger partial charge >= 0.3 is 0 Å². The molecule has 0 bridgehead atoms. The number of piperidine rings is 1. The van der Waals surface area contributed by atoms with Gasteiger partial charge in [-0.3, -0.25) is 4.79 Å². The molecule has 150 valence electrons. The first kappa shape index (κ1) is 20.3. The van der Waals surface area contributed by atoms with Crippen LogP contribution < -0.4 is 5.32 Å². The van der Waals surface area contributed by atoms with Crippen molar-refractivity contribution in [3.8, 4) is 0 Å². The van der Waals surface area contributed by atoms with Crippen molar-refractivity contribution in [2.24, 2.45) is 11.8 Å². The predicted molar refractivity (Wildman–Crippen MR) is 108 cm³/mol. The fourth-order valence-corrected chi connectivity index (χ4v) is 5.90. The van der Waals surface area contributed by atoms with Crippen molar-refractivity contribution in [3.63, 3.8) is 0 Å². The monoisotopic (exact) mass is 392 g/mol. The summed E-state index contributed by atoms with van der Waals surface area (Å²) in [6, 6.07) is 7.61. The highest BCUT2D eigenvalue weighted by atomic mass is 32.2. The summed E-state index contributed by atoms with van der Waals surface area (Å²) in [5.41, 5.74) is 1.85. The fourth-order valence-electron chi connectivity index (χ4n) is 4.24. The zero-order valence-electron chi connectivity index (χ0n) is 16.3. The molecule has 27 heavy (non-hydrogen) atoms. The summed E-state index contributed by atoms with van der Waals surface area (Å²) >= 11 is 0. The molecule has 1 aliphatic carbocycles. The van der Waals surface area contributed by atoms with Crippen LogP contribution in [0.5, 0.6) is 0 Å². The molecule has 0 radical (unpaired) electrons. The van der Waals surface area contributed by atoms with Crippen molar-refractivity contribution in [1.82, 2.24) is 9.62 Å². The van der Waals surface area contributed by atoms with Gasteiger partial charge in [-0.1, -0.05) is 43.5 Å². The van der Waals surface area contributed by atoms with Crippen molar-refractivity contribution < 1.29 is 13.2 Å². The third-order valence-corrected chi connectivity index (χ3v) is 7.93. The molecular formula is C21H32N2O3S. The highest BCUT2D eigenvalue weighted by Gasteiger charge is 2.31. The molecule has 2 aliphatic rings. The average molecular weight is 393 g/mol. The average Bonchev–Trinajstić information content (AvgIpc) is 2.69. The van der Waals surface area contributed by atoms with Crippen LogP contribution in [0.4, 0.5) is 0 Å². The van der Waals surface area contributed by atoms with E-state index >= 15 is 0 Å². The molecule has 0 spiro atoms. The van der Waals surface area contributed by atoms with Gasteiger partial charge in [0.25, 0.3) is 0 Å². The number of amides is 1. The zero-order chi connectivity index (χ0) is 19.3. The molecule has 1 amide bonds. The summed E-state index contributed by atoms with van der Waals surface area (Å²) in [6.07, 6.45) is 7.54. The van der Waals surface area contributed by atoms with Gasteiger partial charge in [-0.2, -0.15) is 0 Å². The van der Waals surface area contributed by atoms with E-state index in [1.807, 2.05) is 31.2 Å². The molecule has 2 fully saturated rings. The van der Waals surface area contributed by atoms with Crippen molar-refractivity contribution >= 4 is 15.9 Å². The Morgan fingerprint density at radius 1 is 1.07 bits per heavy atom. The Morgan fingerprint density at radius 2 is 1.74 bits per heavy atom. The first-order valence-electron chi connectivity index (χ1n) is 10.3. The van der Waals surface area contributed by atoms with Gasteiger partial charge in [0.2, 0.25) is 15.9 Å². The van der Waals surface area contributed by atoms with E-state index in [9.17, 15) is 13.2 Å². The first-order chi connectivity index (χ1) is 13.0. The fraction of sp³-hybridized carbons (Fsp3) is 0.667. The van der Waals surface area contributed by atoms with Crippen LogP contribution in [0.1, 0.15) is 56.1 Å². The van der Waals surface area contributed by atoms with Gasteiger partial charge in [0.1, 0.15) is 0 Å². The molecule has 0 aromatic heterocycles. The van der Waals surface area contributed by atoms with Crippen molar-refractivity contribution in [3.05, 3.63) is 35.4 Å². The number of sulfonamides is 1. The maximum absolute atomic E-state index is 12.7. The second kappa shape index (κ2) is 9.20. The quantitative estimate of drug-likeness (QED) is 0.808. The molecule has 1 saturated carbocycles. The van der Waals surface area contributed by atoms with Gasteiger partial charge in [-0.25, -0.2) is 12.7 Å². The molecule has 5 nitrogen and oxygen atoms in total. The van der Waals surface area contributed by atoms with Crippen LogP contribution in [0.2, 0.25) is 0 Å². The van der Waals surface area contributed by atoms with Gasteiger partial charge in [0.15, 0.2) is 0 Å². The molecular weight excluding hydrogens is 360 g/mol. The number of benzene rings is 1. The largest absolute Gasteiger partial charge is 0.356 e. The summed E-state index contributed by atoms with van der Waals surface area (Å²) in [6.45, 7) is 3.60. The van der Waals surface area contributed by atoms with Crippen LogP contribution in [0.15, 0.2) is 24.3 Å². The van der Waals surface area contributed by atoms with E-state index in [1.165, 1.54) is 32.1 Å². The van der Waals surface area contributed by atoms with Crippen LogP contribution in [0.25, 0.3) is 0 Å². The van der Waals surface area contributed by atoms with Crippen LogP contribution >= 0.6 is 0 Å². The number of aryl methyl sites for hydroxylation is 1. The van der Waals surface area contributed by atoms with Gasteiger partial charge in [0.05, 0.1) is 5.75 Å². The van der Waals surface area contributed by atoms with Crippen LogP contribution in [-0.4, -0.2) is 38.3 Å². The topological polar surface area (TPSA) is 66.5 Å². The summed E-state index contributed by atoms with van der Waals surface area (Å²) in [4.78, 5) is 12.5. The van der Waals surface area contributed by atoms with Gasteiger partial charge in [-0.15, -0.1) is 0 Å². The smallest absolute Gasteiger partial charge is 0.223 e. The number of hydrogen-bond acceptors (Lipinski definition) is 3. The minimum absolute atomic E-state index is 0.0399. The number of carbonyl (C=O) groups is 1. The molecule has 1 aliphatic heterocycles. The Hall–Kier alpha value is -1.40. The van der Waals surface area contributed by atoms with Gasteiger partial charge < -0.3 is 5.32 Å². The van der Waals surface area contributed by atoms with Gasteiger partial charge in [0, 0.05) is 25.6 Å². The standard InChI is InChI=1S/C21H32N2O3S/c1-17-7-5-6-10-20(17)16-27(25,26)23-13-11-19(12-14-23)21(24)22-15-18-8-3-2-4-9-18/h5-7,10,18-19H,2-4,8-9,11-16H2,1H3,(H,22,24). The Bertz CT molecular complexity index is 734. The van der Waals surface area contributed by atoms with Crippen molar-refractivity contribution in [2.45, 2.75) is 57.6 Å². The Morgan fingerprint density at radius 3 is 2.41 bits per heavy atom. The minimum atomic E-state index is -3.34. The molecule has 1 heterocycles. The van der Waals surface area contributed by atoms with Crippen molar-refractivity contribution in [1.29, 1.82) is 0 Å².